The molecular weight excluding hydrogens is 391 g/mol. The molecule has 0 unspecified atom stereocenters. The SMILES string of the molecule is CCCCCCC.Cc1cn([C@H]2C[C@H](O)[C@@H](COP(=O)(O)O)O2)c(=O)[nH]c1=O. The molecule has 0 radical (unpaired) electrons. The molecule has 4 N–H and O–H groups in total. The summed E-state index contributed by atoms with van der Waals surface area (Å²) in [5.74, 6) is 0. The first-order valence-electron chi connectivity index (χ1n) is 9.44. The number of aromatic amines is 1. The van der Waals surface area contributed by atoms with Crippen LogP contribution in [0.1, 0.15) is 64.2 Å². The van der Waals surface area contributed by atoms with E-state index in [-0.39, 0.29) is 6.42 Å². The van der Waals surface area contributed by atoms with Crippen molar-refractivity contribution in [1.29, 1.82) is 0 Å². The van der Waals surface area contributed by atoms with Gasteiger partial charge in [0.2, 0.25) is 0 Å². The topological polar surface area (TPSA) is 151 Å². The number of rotatable bonds is 8. The number of aromatic nitrogens is 2. The van der Waals surface area contributed by atoms with Crippen LogP contribution in [0.4, 0.5) is 0 Å². The molecule has 1 aliphatic heterocycles. The molecule has 2 heterocycles. The molecule has 1 aliphatic rings. The van der Waals surface area contributed by atoms with Gasteiger partial charge < -0.3 is 19.6 Å². The Balaban J connectivity index is 0.000000480. The Morgan fingerprint density at radius 3 is 2.39 bits per heavy atom. The number of unbranched alkanes of at least 4 members (excludes halogenated alkanes) is 4. The van der Waals surface area contributed by atoms with E-state index in [0.29, 0.717) is 5.56 Å². The highest BCUT2D eigenvalue weighted by molar-refractivity contribution is 7.46. The second-order valence-corrected chi connectivity index (χ2v) is 8.00. The zero-order chi connectivity index (χ0) is 21.3. The highest BCUT2D eigenvalue weighted by atomic mass is 31.2. The van der Waals surface area contributed by atoms with Crippen LogP contribution in [0.3, 0.4) is 0 Å². The van der Waals surface area contributed by atoms with Crippen molar-refractivity contribution < 1.29 is 28.7 Å². The van der Waals surface area contributed by atoms with Crippen LogP contribution >= 0.6 is 7.82 Å². The van der Waals surface area contributed by atoms with Crippen molar-refractivity contribution in [2.24, 2.45) is 0 Å². The highest BCUT2D eigenvalue weighted by Crippen LogP contribution is 2.38. The minimum absolute atomic E-state index is 0.0283. The number of hydrogen-bond acceptors (Lipinski definition) is 6. The van der Waals surface area contributed by atoms with Gasteiger partial charge in [0.05, 0.1) is 12.7 Å². The normalized spacial score (nSPS) is 22.0. The van der Waals surface area contributed by atoms with Crippen molar-refractivity contribution >= 4 is 7.82 Å². The minimum atomic E-state index is -4.67. The Morgan fingerprint density at radius 1 is 1.25 bits per heavy atom. The number of aryl methyl sites for hydroxylation is 1. The molecule has 0 aromatic carbocycles. The van der Waals surface area contributed by atoms with Crippen molar-refractivity contribution in [3.05, 3.63) is 32.6 Å². The number of aliphatic hydroxyl groups excluding tert-OH is 1. The second-order valence-electron chi connectivity index (χ2n) is 6.76. The summed E-state index contributed by atoms with van der Waals surface area (Å²) in [5.41, 5.74) is -0.918. The minimum Gasteiger partial charge on any atom is -0.390 e. The van der Waals surface area contributed by atoms with Crippen LogP contribution in [0.25, 0.3) is 0 Å². The van der Waals surface area contributed by atoms with Gasteiger partial charge in [-0.2, -0.15) is 0 Å². The van der Waals surface area contributed by atoms with Gasteiger partial charge in [0.25, 0.3) is 5.56 Å². The molecule has 10 nitrogen and oxygen atoms in total. The molecule has 0 aliphatic carbocycles. The molecule has 1 saturated heterocycles. The molecule has 0 amide bonds. The maximum absolute atomic E-state index is 11.7. The standard InChI is InChI=1S/C10H15N2O8P.C7H16/c1-5-3-12(10(15)11-9(5)14)8-2-6(13)7(20-8)4-19-21(16,17)18;1-3-5-7-6-4-2/h3,6-8,13H,2,4H2,1H3,(H,11,14,15)(H2,16,17,18);3-7H2,1-2H3/t6-,7+,8+;/m0./s1. The fourth-order valence-electron chi connectivity index (χ4n) is 2.68. The van der Waals surface area contributed by atoms with Crippen molar-refractivity contribution in [2.45, 2.75) is 77.7 Å². The summed E-state index contributed by atoms with van der Waals surface area (Å²) in [6.45, 7) is 5.49. The number of hydrogen-bond donors (Lipinski definition) is 4. The molecule has 2 rings (SSSR count). The van der Waals surface area contributed by atoms with E-state index in [0.717, 1.165) is 4.57 Å². The van der Waals surface area contributed by atoms with Crippen molar-refractivity contribution in [3.8, 4) is 0 Å². The van der Waals surface area contributed by atoms with Crippen LogP contribution in [0.5, 0.6) is 0 Å². The lowest BCUT2D eigenvalue weighted by atomic mass is 10.2. The fourth-order valence-corrected chi connectivity index (χ4v) is 3.02. The quantitative estimate of drug-likeness (QED) is 0.364. The number of nitrogens with zero attached hydrogens (tertiary/aromatic N) is 1. The van der Waals surface area contributed by atoms with Crippen LogP contribution in [0.2, 0.25) is 0 Å². The lowest BCUT2D eigenvalue weighted by Crippen LogP contribution is -2.33. The zero-order valence-electron chi connectivity index (χ0n) is 16.5. The summed E-state index contributed by atoms with van der Waals surface area (Å²) in [4.78, 5) is 42.3. The van der Waals surface area contributed by atoms with Crippen molar-refractivity contribution in [2.75, 3.05) is 6.61 Å². The van der Waals surface area contributed by atoms with E-state index in [2.05, 4.69) is 23.4 Å². The molecule has 0 bridgehead atoms. The van der Waals surface area contributed by atoms with E-state index in [1.165, 1.54) is 45.2 Å². The van der Waals surface area contributed by atoms with Gasteiger partial charge in [-0.3, -0.25) is 18.9 Å². The smallest absolute Gasteiger partial charge is 0.390 e. The Morgan fingerprint density at radius 2 is 1.86 bits per heavy atom. The molecule has 3 atom stereocenters. The number of ether oxygens (including phenoxy) is 1. The summed E-state index contributed by atoms with van der Waals surface area (Å²) in [6.07, 6.45) is 5.44. The Kier molecular flexibility index (Phi) is 10.3. The molecule has 162 valence electrons. The second kappa shape index (κ2) is 11.6. The lowest BCUT2D eigenvalue weighted by molar-refractivity contribution is -0.0451. The van der Waals surface area contributed by atoms with Gasteiger partial charge in [-0.1, -0.05) is 46.0 Å². The van der Waals surface area contributed by atoms with E-state index in [1.807, 2.05) is 0 Å². The van der Waals surface area contributed by atoms with Gasteiger partial charge in [0.1, 0.15) is 12.3 Å². The van der Waals surface area contributed by atoms with Gasteiger partial charge in [0.15, 0.2) is 0 Å². The molecule has 11 heteroatoms. The first-order chi connectivity index (χ1) is 13.1. The summed E-state index contributed by atoms with van der Waals surface area (Å²) < 4.78 is 21.4. The molecule has 0 saturated carbocycles. The third-order valence-electron chi connectivity index (χ3n) is 4.27. The number of aliphatic hydroxyl groups is 1. The fraction of sp³-hybridized carbons (Fsp3) is 0.765. The number of H-pyrrole nitrogens is 1. The first-order valence-corrected chi connectivity index (χ1v) is 11.0. The zero-order valence-corrected chi connectivity index (χ0v) is 17.4. The Bertz CT molecular complexity index is 752. The van der Waals surface area contributed by atoms with Crippen LogP contribution in [-0.4, -0.2) is 43.3 Å². The van der Waals surface area contributed by atoms with Crippen LogP contribution in [-0.2, 0) is 13.8 Å². The largest absolute Gasteiger partial charge is 0.469 e. The summed E-state index contributed by atoms with van der Waals surface area (Å²) in [7, 11) is -4.67. The van der Waals surface area contributed by atoms with Crippen molar-refractivity contribution in [1.82, 2.24) is 9.55 Å². The van der Waals surface area contributed by atoms with E-state index in [1.54, 1.807) is 0 Å². The van der Waals surface area contributed by atoms with Gasteiger partial charge in [-0.15, -0.1) is 0 Å². The molecule has 28 heavy (non-hydrogen) atoms. The Labute approximate surface area is 163 Å². The molecule has 1 aromatic rings. The average Bonchev–Trinajstić information content (AvgIpc) is 2.97. The first kappa shape index (κ1) is 24.7. The predicted molar refractivity (Wildman–Crippen MR) is 103 cm³/mol. The number of nitrogens with one attached hydrogen (secondary N) is 1. The van der Waals surface area contributed by atoms with Gasteiger partial charge in [-0.05, 0) is 6.92 Å². The van der Waals surface area contributed by atoms with Gasteiger partial charge >= 0.3 is 13.5 Å². The third kappa shape index (κ3) is 8.38. The maximum atomic E-state index is 11.7. The third-order valence-corrected chi connectivity index (χ3v) is 4.76. The predicted octanol–water partition coefficient (Wildman–Crippen LogP) is 1.58. The van der Waals surface area contributed by atoms with Crippen LogP contribution in [0.15, 0.2) is 15.8 Å². The summed E-state index contributed by atoms with van der Waals surface area (Å²) in [6, 6.07) is 0. The van der Waals surface area contributed by atoms with Gasteiger partial charge in [0, 0.05) is 18.2 Å². The molecule has 1 fully saturated rings. The summed E-state index contributed by atoms with van der Waals surface area (Å²) >= 11 is 0. The van der Waals surface area contributed by atoms with E-state index in [9.17, 15) is 19.3 Å². The average molecular weight is 422 g/mol. The van der Waals surface area contributed by atoms with E-state index in [4.69, 9.17) is 14.5 Å². The molecule has 0 spiro atoms. The number of phosphoric acid groups is 1. The van der Waals surface area contributed by atoms with Crippen molar-refractivity contribution in [3.63, 3.8) is 0 Å². The molecular formula is C17H31N2O8P. The van der Waals surface area contributed by atoms with Crippen LogP contribution < -0.4 is 11.2 Å². The van der Waals surface area contributed by atoms with E-state index < -0.39 is 44.1 Å². The van der Waals surface area contributed by atoms with Crippen LogP contribution in [0, 0.1) is 6.92 Å². The van der Waals surface area contributed by atoms with E-state index >= 15 is 0 Å². The maximum Gasteiger partial charge on any atom is 0.469 e. The van der Waals surface area contributed by atoms with Gasteiger partial charge in [-0.25, -0.2) is 9.36 Å². The lowest BCUT2D eigenvalue weighted by Gasteiger charge is -2.16. The number of phosphoric ester groups is 1. The molecule has 1 aromatic heterocycles. The Hall–Kier alpha value is -1.29. The monoisotopic (exact) mass is 422 g/mol. The summed E-state index contributed by atoms with van der Waals surface area (Å²) in [5, 5.41) is 9.79. The highest BCUT2D eigenvalue weighted by Gasteiger charge is 2.37.